The zero-order chi connectivity index (χ0) is 17.8. The number of rotatable bonds is 4. The topological polar surface area (TPSA) is 99.1 Å². The van der Waals surface area contributed by atoms with E-state index < -0.39 is 30.5 Å². The highest BCUT2D eigenvalue weighted by molar-refractivity contribution is 6.21. The second kappa shape index (κ2) is 5.29. The Morgan fingerprint density at radius 2 is 2.08 bits per heavy atom. The fraction of sp³-hybridized carbons (Fsp3) is 0.400. The van der Waals surface area contributed by atoms with Crippen LogP contribution in [0.25, 0.3) is 0 Å². The molecule has 2 aliphatic heterocycles. The Morgan fingerprint density at radius 3 is 2.67 bits per heavy atom. The van der Waals surface area contributed by atoms with Gasteiger partial charge in [0.15, 0.2) is 0 Å². The lowest BCUT2D eigenvalue weighted by atomic mass is 10.1. The number of aliphatic imine (C=N–C) groups is 1. The third kappa shape index (κ3) is 1.97. The van der Waals surface area contributed by atoms with Gasteiger partial charge in [0.2, 0.25) is 11.9 Å². The highest BCUT2D eigenvalue weighted by Crippen LogP contribution is 2.34. The Balaban J connectivity index is 2.15. The highest BCUT2D eigenvalue weighted by Gasteiger charge is 2.54. The number of imide groups is 1. The average Bonchev–Trinajstić information content (AvgIpc) is 3.02. The molecule has 3 rings (SSSR count). The van der Waals surface area contributed by atoms with Crippen molar-refractivity contribution in [2.24, 2.45) is 4.99 Å². The number of fused-ring (bicyclic) bond motifs is 3. The smallest absolute Gasteiger partial charge is 0.402 e. The molecule has 1 fully saturated rings. The van der Waals surface area contributed by atoms with Crippen LogP contribution in [0.3, 0.4) is 0 Å². The van der Waals surface area contributed by atoms with Crippen LogP contribution in [0.15, 0.2) is 17.6 Å². The standard InChI is InChI=1S/C15H17N5O4/c1-5-6-18-8(2)9(3)20-11-12(16-14(18)20)17(4)15(24)19(13(11)23)7-10(21)22/h5,11H,1,6-7H2,2-4H3/p+1. The first-order valence-corrected chi connectivity index (χ1v) is 7.41. The van der Waals surface area contributed by atoms with Crippen LogP contribution < -0.4 is 4.57 Å². The van der Waals surface area contributed by atoms with Crippen molar-refractivity contribution in [3.05, 3.63) is 24.0 Å². The van der Waals surface area contributed by atoms with E-state index in [2.05, 4.69) is 11.6 Å². The van der Waals surface area contributed by atoms with E-state index in [9.17, 15) is 14.4 Å². The quantitative estimate of drug-likeness (QED) is 0.626. The minimum atomic E-state index is -1.24. The van der Waals surface area contributed by atoms with Crippen molar-refractivity contribution >= 4 is 29.7 Å². The molecule has 0 saturated carbocycles. The number of amidine groups is 1. The minimum absolute atomic E-state index is 0.308. The third-order valence-electron chi connectivity index (χ3n) is 4.43. The second-order valence-electron chi connectivity index (χ2n) is 5.77. The van der Waals surface area contributed by atoms with Crippen LogP contribution >= 0.6 is 0 Å². The first kappa shape index (κ1) is 15.9. The summed E-state index contributed by atoms with van der Waals surface area (Å²) in [7, 11) is 1.49. The van der Waals surface area contributed by atoms with Gasteiger partial charge in [-0.2, -0.15) is 0 Å². The van der Waals surface area contributed by atoms with Crippen LogP contribution in [0.2, 0.25) is 0 Å². The zero-order valence-corrected chi connectivity index (χ0v) is 13.7. The zero-order valence-electron chi connectivity index (χ0n) is 13.7. The molecule has 1 aromatic heterocycles. The van der Waals surface area contributed by atoms with E-state index in [-0.39, 0.29) is 0 Å². The summed E-state index contributed by atoms with van der Waals surface area (Å²) in [4.78, 5) is 42.5. The second-order valence-corrected chi connectivity index (χ2v) is 5.77. The number of aliphatic carboxylic acids is 1. The molecule has 3 amide bonds. The number of amides is 3. The number of aromatic nitrogens is 2. The van der Waals surface area contributed by atoms with Crippen LogP contribution in [0, 0.1) is 13.8 Å². The van der Waals surface area contributed by atoms with Gasteiger partial charge in [0.25, 0.3) is 5.91 Å². The molecule has 9 heteroatoms. The Labute approximate surface area is 138 Å². The molecule has 0 spiro atoms. The van der Waals surface area contributed by atoms with Crippen LogP contribution in [0.1, 0.15) is 17.4 Å². The van der Waals surface area contributed by atoms with Gasteiger partial charge in [-0.1, -0.05) is 17.6 Å². The van der Waals surface area contributed by atoms with Crippen molar-refractivity contribution in [3.8, 4) is 0 Å². The monoisotopic (exact) mass is 332 g/mol. The molecule has 2 aliphatic rings. The molecule has 3 heterocycles. The number of imidazole rings is 1. The maximum Gasteiger partial charge on any atom is 0.402 e. The molecule has 1 atom stereocenters. The first-order chi connectivity index (χ1) is 11.3. The number of carbonyl (C=O) groups excluding carboxylic acids is 2. The summed E-state index contributed by atoms with van der Waals surface area (Å²) in [5.41, 5.74) is 1.77. The Kier molecular flexibility index (Phi) is 3.51. The predicted octanol–water partition coefficient (Wildman–Crippen LogP) is 0.142. The normalized spacial score (nSPS) is 19.3. The number of hydrogen-bond acceptors (Lipinski definition) is 4. The minimum Gasteiger partial charge on any atom is -0.480 e. The lowest BCUT2D eigenvalue weighted by Gasteiger charge is -2.32. The highest BCUT2D eigenvalue weighted by atomic mass is 16.4. The molecule has 24 heavy (non-hydrogen) atoms. The third-order valence-corrected chi connectivity index (χ3v) is 4.43. The van der Waals surface area contributed by atoms with Gasteiger partial charge < -0.3 is 5.11 Å². The van der Waals surface area contributed by atoms with Gasteiger partial charge in [0.1, 0.15) is 17.9 Å². The van der Waals surface area contributed by atoms with Crippen LogP contribution in [0.4, 0.5) is 10.7 Å². The molecule has 1 saturated heterocycles. The summed E-state index contributed by atoms with van der Waals surface area (Å²) in [6.07, 6.45) is 1.73. The number of carbonyl (C=O) groups is 3. The fourth-order valence-corrected chi connectivity index (χ4v) is 3.13. The average molecular weight is 332 g/mol. The van der Waals surface area contributed by atoms with Crippen LogP contribution in [-0.4, -0.2) is 56.8 Å². The molecule has 9 nitrogen and oxygen atoms in total. The molecule has 0 radical (unpaired) electrons. The lowest BCUT2D eigenvalue weighted by Crippen LogP contribution is -2.58. The van der Waals surface area contributed by atoms with E-state index >= 15 is 0 Å². The number of allylic oxidation sites excluding steroid dienone is 1. The number of urea groups is 1. The van der Waals surface area contributed by atoms with Crippen molar-refractivity contribution in [2.75, 3.05) is 13.6 Å². The number of carboxylic acid groups (broad SMARTS) is 1. The fourth-order valence-electron chi connectivity index (χ4n) is 3.13. The molecular formula is C15H18N5O4+. The van der Waals surface area contributed by atoms with E-state index in [1.54, 1.807) is 10.6 Å². The molecule has 0 bridgehead atoms. The molecule has 1 aromatic rings. The number of nitrogens with zero attached hydrogens (tertiary/aromatic N) is 5. The summed E-state index contributed by atoms with van der Waals surface area (Å²) in [5, 5.41) is 8.98. The molecule has 1 unspecified atom stereocenters. The van der Waals surface area contributed by atoms with Crippen molar-refractivity contribution in [1.29, 1.82) is 0 Å². The van der Waals surface area contributed by atoms with Gasteiger partial charge >= 0.3 is 17.9 Å². The van der Waals surface area contributed by atoms with Crippen LogP contribution in [-0.2, 0) is 16.1 Å². The van der Waals surface area contributed by atoms with Crippen molar-refractivity contribution in [3.63, 3.8) is 0 Å². The molecule has 126 valence electrons. The summed E-state index contributed by atoms with van der Waals surface area (Å²) in [5.74, 6) is -0.967. The first-order valence-electron chi connectivity index (χ1n) is 7.41. The largest absolute Gasteiger partial charge is 0.480 e. The Hall–Kier alpha value is -2.97. The van der Waals surface area contributed by atoms with E-state index in [0.29, 0.717) is 18.3 Å². The van der Waals surface area contributed by atoms with Crippen molar-refractivity contribution in [1.82, 2.24) is 14.4 Å². The lowest BCUT2D eigenvalue weighted by molar-refractivity contribution is -0.679. The molecular weight excluding hydrogens is 314 g/mol. The van der Waals surface area contributed by atoms with E-state index in [0.717, 1.165) is 16.3 Å². The molecule has 1 N–H and O–H groups in total. The Morgan fingerprint density at radius 1 is 1.42 bits per heavy atom. The van der Waals surface area contributed by atoms with Gasteiger partial charge in [-0.25, -0.2) is 18.8 Å². The number of hydrogen-bond donors (Lipinski definition) is 1. The SMILES string of the molecule is C=CC[n+]1c(C)c(C)n2c1N=C1C2C(=O)N(CC(=O)O)C(=O)N1C. The van der Waals surface area contributed by atoms with Gasteiger partial charge in [-0.15, -0.1) is 0 Å². The van der Waals surface area contributed by atoms with E-state index in [1.807, 2.05) is 18.4 Å². The van der Waals surface area contributed by atoms with E-state index in [1.165, 1.54) is 11.9 Å². The molecule has 0 aromatic carbocycles. The predicted molar refractivity (Wildman–Crippen MR) is 82.9 cm³/mol. The maximum atomic E-state index is 12.8. The van der Waals surface area contributed by atoms with E-state index in [4.69, 9.17) is 5.11 Å². The number of likely N-dealkylation sites (N-methyl/N-ethyl adjacent to an activating group) is 1. The van der Waals surface area contributed by atoms with Gasteiger partial charge in [0, 0.05) is 7.05 Å². The van der Waals surface area contributed by atoms with Crippen molar-refractivity contribution in [2.45, 2.75) is 26.4 Å². The summed E-state index contributed by atoms with van der Waals surface area (Å²) >= 11 is 0. The Bertz CT molecular complexity index is 822. The maximum absolute atomic E-state index is 12.8. The van der Waals surface area contributed by atoms with Crippen molar-refractivity contribution < 1.29 is 24.1 Å². The number of carboxylic acids is 1. The molecule has 0 aliphatic carbocycles. The summed E-state index contributed by atoms with van der Waals surface area (Å²) < 4.78 is 3.65. The summed E-state index contributed by atoms with van der Waals surface area (Å²) in [6.45, 7) is 7.35. The van der Waals surface area contributed by atoms with Gasteiger partial charge in [0.05, 0.1) is 6.54 Å². The van der Waals surface area contributed by atoms with Gasteiger partial charge in [-0.05, 0) is 13.8 Å². The van der Waals surface area contributed by atoms with Crippen LogP contribution in [0.5, 0.6) is 0 Å². The summed E-state index contributed by atoms with van der Waals surface area (Å²) in [6, 6.07) is -1.51. The van der Waals surface area contributed by atoms with Gasteiger partial charge in [-0.3, -0.25) is 14.5 Å².